The Kier molecular flexibility index (Phi) is 3.45. The second kappa shape index (κ2) is 4.93. The van der Waals surface area contributed by atoms with Crippen LogP contribution in [0.25, 0.3) is 10.1 Å². The van der Waals surface area contributed by atoms with E-state index >= 15 is 0 Å². The second-order valence-corrected chi connectivity index (χ2v) is 7.61. The van der Waals surface area contributed by atoms with Crippen LogP contribution in [0.5, 0.6) is 0 Å². The SMILES string of the molecule is Fc1ccc2cc(C(Br)c3ccc(Cl)s3)sc2c1. The van der Waals surface area contributed by atoms with Gasteiger partial charge in [-0.25, -0.2) is 4.39 Å². The van der Waals surface area contributed by atoms with E-state index in [2.05, 4.69) is 22.0 Å². The summed E-state index contributed by atoms with van der Waals surface area (Å²) in [6, 6.07) is 10.9. The third kappa shape index (κ3) is 2.35. The van der Waals surface area contributed by atoms with E-state index in [0.29, 0.717) is 0 Å². The number of fused-ring (bicyclic) bond motifs is 1. The molecule has 0 spiro atoms. The topological polar surface area (TPSA) is 0 Å². The van der Waals surface area contributed by atoms with Crippen molar-refractivity contribution in [1.29, 1.82) is 0 Å². The zero-order chi connectivity index (χ0) is 12.7. The van der Waals surface area contributed by atoms with Crippen molar-refractivity contribution in [1.82, 2.24) is 0 Å². The minimum atomic E-state index is -0.193. The molecule has 0 aliphatic rings. The molecular formula is C13H7BrClFS2. The van der Waals surface area contributed by atoms with Crippen LogP contribution >= 0.6 is 50.2 Å². The van der Waals surface area contributed by atoms with Crippen LogP contribution in [0.3, 0.4) is 0 Å². The molecule has 3 rings (SSSR count). The molecule has 0 bridgehead atoms. The van der Waals surface area contributed by atoms with Gasteiger partial charge in [-0.05, 0) is 35.7 Å². The fourth-order valence-corrected chi connectivity index (χ4v) is 4.82. The van der Waals surface area contributed by atoms with Crippen LogP contribution in [0.1, 0.15) is 14.6 Å². The summed E-state index contributed by atoms with van der Waals surface area (Å²) in [4.78, 5) is 2.44. The van der Waals surface area contributed by atoms with Crippen molar-refractivity contribution in [3.05, 3.63) is 56.3 Å². The van der Waals surface area contributed by atoms with Gasteiger partial charge >= 0.3 is 0 Å². The number of thiophene rings is 2. The standard InChI is InChI=1S/C13H7BrClFS2/c14-13(9-3-4-12(15)18-9)11-5-7-1-2-8(16)6-10(7)17-11/h1-6,13H. The number of hydrogen-bond acceptors (Lipinski definition) is 2. The molecule has 92 valence electrons. The largest absolute Gasteiger partial charge is 0.207 e. The Labute approximate surface area is 125 Å². The van der Waals surface area contributed by atoms with Crippen molar-refractivity contribution in [3.63, 3.8) is 0 Å². The first-order valence-corrected chi connectivity index (χ1v) is 8.14. The maximum atomic E-state index is 13.2. The van der Waals surface area contributed by atoms with E-state index in [4.69, 9.17) is 11.6 Å². The van der Waals surface area contributed by atoms with Gasteiger partial charge in [-0.1, -0.05) is 33.6 Å². The van der Waals surface area contributed by atoms with Gasteiger partial charge in [-0.2, -0.15) is 0 Å². The molecule has 0 nitrogen and oxygen atoms in total. The predicted octanol–water partition coefficient (Wildman–Crippen LogP) is 6.24. The molecule has 1 aromatic carbocycles. The highest BCUT2D eigenvalue weighted by Gasteiger charge is 2.15. The molecule has 0 fully saturated rings. The molecule has 0 aliphatic heterocycles. The highest BCUT2D eigenvalue weighted by Crippen LogP contribution is 2.41. The third-order valence-corrected chi connectivity index (χ3v) is 6.65. The van der Waals surface area contributed by atoms with E-state index < -0.39 is 0 Å². The van der Waals surface area contributed by atoms with Crippen molar-refractivity contribution < 1.29 is 4.39 Å². The molecule has 1 atom stereocenters. The fourth-order valence-electron chi connectivity index (χ4n) is 1.76. The van der Waals surface area contributed by atoms with Crippen molar-refractivity contribution in [2.24, 2.45) is 0 Å². The van der Waals surface area contributed by atoms with Gasteiger partial charge in [0.05, 0.1) is 9.16 Å². The molecule has 18 heavy (non-hydrogen) atoms. The third-order valence-electron chi connectivity index (χ3n) is 2.59. The Hall–Kier alpha value is -0.420. The predicted molar refractivity (Wildman–Crippen MR) is 81.9 cm³/mol. The summed E-state index contributed by atoms with van der Waals surface area (Å²) in [6.45, 7) is 0. The summed E-state index contributed by atoms with van der Waals surface area (Å²) in [5, 5.41) is 1.07. The summed E-state index contributed by atoms with van der Waals surface area (Å²) >= 11 is 12.8. The number of rotatable bonds is 2. The van der Waals surface area contributed by atoms with Crippen molar-refractivity contribution in [3.8, 4) is 0 Å². The van der Waals surface area contributed by atoms with E-state index in [1.165, 1.54) is 6.07 Å². The van der Waals surface area contributed by atoms with E-state index in [1.807, 2.05) is 18.2 Å². The first-order chi connectivity index (χ1) is 8.63. The lowest BCUT2D eigenvalue weighted by molar-refractivity contribution is 0.630. The first-order valence-electron chi connectivity index (χ1n) is 5.22. The Morgan fingerprint density at radius 3 is 2.61 bits per heavy atom. The zero-order valence-electron chi connectivity index (χ0n) is 8.99. The van der Waals surface area contributed by atoms with Crippen molar-refractivity contribution >= 4 is 60.3 Å². The molecular weight excluding hydrogens is 355 g/mol. The van der Waals surface area contributed by atoms with Gasteiger partial charge in [0.15, 0.2) is 0 Å². The number of hydrogen-bond donors (Lipinski definition) is 0. The fraction of sp³-hybridized carbons (Fsp3) is 0.0769. The molecule has 0 amide bonds. The second-order valence-electron chi connectivity index (χ2n) is 3.84. The Morgan fingerprint density at radius 2 is 1.89 bits per heavy atom. The van der Waals surface area contributed by atoms with E-state index in [1.54, 1.807) is 28.7 Å². The number of alkyl halides is 1. The zero-order valence-corrected chi connectivity index (χ0v) is 13.0. The minimum absolute atomic E-state index is 0.121. The first kappa shape index (κ1) is 12.6. The van der Waals surface area contributed by atoms with Crippen LogP contribution in [0.4, 0.5) is 4.39 Å². The van der Waals surface area contributed by atoms with Crippen LogP contribution in [0, 0.1) is 5.82 Å². The van der Waals surface area contributed by atoms with Gasteiger partial charge in [0.25, 0.3) is 0 Å². The van der Waals surface area contributed by atoms with Crippen molar-refractivity contribution in [2.75, 3.05) is 0 Å². The number of benzene rings is 1. The highest BCUT2D eigenvalue weighted by atomic mass is 79.9. The van der Waals surface area contributed by atoms with Crippen molar-refractivity contribution in [2.45, 2.75) is 4.83 Å². The lowest BCUT2D eigenvalue weighted by atomic mass is 10.2. The monoisotopic (exact) mass is 360 g/mol. The molecule has 3 aromatic rings. The lowest BCUT2D eigenvalue weighted by Crippen LogP contribution is -1.83. The Bertz CT molecular complexity index is 704. The molecule has 0 N–H and O–H groups in total. The Morgan fingerprint density at radius 1 is 1.06 bits per heavy atom. The molecule has 5 heteroatoms. The minimum Gasteiger partial charge on any atom is -0.207 e. The smallest absolute Gasteiger partial charge is 0.124 e. The lowest BCUT2D eigenvalue weighted by Gasteiger charge is -2.02. The number of halogens is 3. The van der Waals surface area contributed by atoms with Crippen LogP contribution in [0.15, 0.2) is 36.4 Å². The summed E-state index contributed by atoms with van der Waals surface area (Å²) in [6.07, 6.45) is 0. The van der Waals surface area contributed by atoms with Gasteiger partial charge in [0, 0.05) is 14.5 Å². The maximum Gasteiger partial charge on any atom is 0.124 e. The van der Waals surface area contributed by atoms with Crippen LogP contribution in [0.2, 0.25) is 4.34 Å². The summed E-state index contributed by atoms with van der Waals surface area (Å²) in [5.41, 5.74) is 0. The molecule has 0 aliphatic carbocycles. The molecule has 1 unspecified atom stereocenters. The van der Waals surface area contributed by atoms with E-state index in [9.17, 15) is 4.39 Å². The molecule has 0 saturated heterocycles. The molecule has 0 radical (unpaired) electrons. The molecule has 2 heterocycles. The van der Waals surface area contributed by atoms with E-state index in [-0.39, 0.29) is 10.6 Å². The van der Waals surface area contributed by atoms with Crippen LogP contribution in [-0.4, -0.2) is 0 Å². The Balaban J connectivity index is 2.03. The quantitative estimate of drug-likeness (QED) is 0.474. The normalized spacial score (nSPS) is 13.1. The van der Waals surface area contributed by atoms with Gasteiger partial charge < -0.3 is 0 Å². The average molecular weight is 362 g/mol. The van der Waals surface area contributed by atoms with E-state index in [0.717, 1.165) is 24.2 Å². The highest BCUT2D eigenvalue weighted by molar-refractivity contribution is 9.09. The summed E-state index contributed by atoms with van der Waals surface area (Å²) < 4.78 is 14.9. The van der Waals surface area contributed by atoms with Crippen LogP contribution < -0.4 is 0 Å². The van der Waals surface area contributed by atoms with Gasteiger partial charge in [0.1, 0.15) is 5.82 Å². The van der Waals surface area contributed by atoms with Gasteiger partial charge in [-0.15, -0.1) is 22.7 Å². The summed E-state index contributed by atoms with van der Waals surface area (Å²) in [5.74, 6) is -0.193. The summed E-state index contributed by atoms with van der Waals surface area (Å²) in [7, 11) is 0. The maximum absolute atomic E-state index is 13.2. The van der Waals surface area contributed by atoms with Gasteiger partial charge in [0.2, 0.25) is 0 Å². The average Bonchev–Trinajstić information content (AvgIpc) is 2.93. The van der Waals surface area contributed by atoms with Gasteiger partial charge in [-0.3, -0.25) is 0 Å². The molecule has 0 saturated carbocycles. The van der Waals surface area contributed by atoms with Crippen LogP contribution in [-0.2, 0) is 0 Å². The molecule has 2 aromatic heterocycles.